The van der Waals surface area contributed by atoms with Crippen LogP contribution in [0.5, 0.6) is 0 Å². The summed E-state index contributed by atoms with van der Waals surface area (Å²) in [5.74, 6) is -0.920. The molecule has 2 fully saturated rings. The van der Waals surface area contributed by atoms with Crippen LogP contribution >= 0.6 is 0 Å². The second-order valence-corrected chi connectivity index (χ2v) is 11.3. The molecule has 3 aromatic heterocycles. The molecule has 3 N–H and O–H groups in total. The van der Waals surface area contributed by atoms with E-state index in [0.29, 0.717) is 28.7 Å². The largest absolute Gasteiger partial charge is 0.337 e. The molecule has 0 radical (unpaired) electrons. The summed E-state index contributed by atoms with van der Waals surface area (Å²) in [4.78, 5) is 31.4. The van der Waals surface area contributed by atoms with Crippen LogP contribution in [0.4, 0.5) is 10.2 Å². The highest BCUT2D eigenvalue weighted by Crippen LogP contribution is 2.42. The van der Waals surface area contributed by atoms with E-state index in [1.54, 1.807) is 26.1 Å². The van der Waals surface area contributed by atoms with Crippen molar-refractivity contribution in [1.29, 1.82) is 0 Å². The fraction of sp³-hybridized carbons (Fsp3) is 0.607. The van der Waals surface area contributed by atoms with E-state index in [4.69, 9.17) is 0 Å². The number of carbonyl (C=O) groups is 2. The fourth-order valence-corrected chi connectivity index (χ4v) is 6.77. The highest BCUT2D eigenvalue weighted by atomic mass is 19.1. The van der Waals surface area contributed by atoms with Gasteiger partial charge in [0.2, 0.25) is 17.7 Å². The molecule has 2 saturated carbocycles. The average molecular weight is 552 g/mol. The number of nitrogens with one attached hydrogen (secondary N) is 3. The highest BCUT2D eigenvalue weighted by Gasteiger charge is 2.41. The number of pyridine rings is 1. The third-order valence-corrected chi connectivity index (χ3v) is 8.66. The normalized spacial score (nSPS) is 17.6. The molecule has 12 heteroatoms. The topological polar surface area (TPSA) is 143 Å². The van der Waals surface area contributed by atoms with Gasteiger partial charge in [0.05, 0.1) is 5.69 Å². The Balaban J connectivity index is 1.45. The molecule has 214 valence electrons. The van der Waals surface area contributed by atoms with Gasteiger partial charge in [-0.2, -0.15) is 9.49 Å². The summed E-state index contributed by atoms with van der Waals surface area (Å²) in [6.07, 6.45) is 10.9. The number of anilines is 1. The first-order valence-electron chi connectivity index (χ1n) is 14.4. The lowest BCUT2D eigenvalue weighted by atomic mass is 9.66. The second-order valence-electron chi connectivity index (χ2n) is 11.3. The summed E-state index contributed by atoms with van der Waals surface area (Å²) >= 11 is 0. The smallest absolute Gasteiger partial charge is 0.291 e. The third kappa shape index (κ3) is 5.90. The van der Waals surface area contributed by atoms with Gasteiger partial charge in [-0.15, -0.1) is 5.10 Å². The molecule has 3 heterocycles. The average Bonchev–Trinajstić information content (AvgIpc) is 3.54. The summed E-state index contributed by atoms with van der Waals surface area (Å²) in [7, 11) is 1.58. The van der Waals surface area contributed by atoms with Gasteiger partial charge in [-0.1, -0.05) is 64.2 Å². The maximum Gasteiger partial charge on any atom is 0.291 e. The fourth-order valence-electron chi connectivity index (χ4n) is 6.77. The number of H-pyrrole nitrogens is 1. The number of aromatic nitrogens is 7. The lowest BCUT2D eigenvalue weighted by Crippen LogP contribution is -2.53. The standard InChI is InChI=1S/C28H38FN9O2/c1-16-22(17(2)34-33-16)20-14-15-21(30-25(20)29)31-27(39)24(32-28(40)26-35-36-37-38(26)3)23(18-10-6-4-7-11-18)19-12-8-5-9-13-19/h14-15,18-19,23-24H,4-13H2,1-3H3,(H,32,40)(H,33,34)(H,30,31,39)/t24-/m0/s1. The first kappa shape index (κ1) is 27.9. The van der Waals surface area contributed by atoms with Gasteiger partial charge in [0.25, 0.3) is 5.91 Å². The highest BCUT2D eigenvalue weighted by molar-refractivity contribution is 5.99. The zero-order chi connectivity index (χ0) is 28.2. The number of hydrogen-bond donors (Lipinski definition) is 3. The van der Waals surface area contributed by atoms with Gasteiger partial charge in [-0.05, 0) is 54.2 Å². The Morgan fingerprint density at radius 2 is 1.68 bits per heavy atom. The van der Waals surface area contributed by atoms with Crippen LogP contribution in [0, 0.1) is 37.5 Å². The number of amides is 2. The molecule has 0 aromatic carbocycles. The number of hydrogen-bond acceptors (Lipinski definition) is 7. The molecule has 1 atom stereocenters. The molecular weight excluding hydrogens is 513 g/mol. The number of aryl methyl sites for hydroxylation is 3. The van der Waals surface area contributed by atoms with Crippen molar-refractivity contribution >= 4 is 17.6 Å². The van der Waals surface area contributed by atoms with Gasteiger partial charge >= 0.3 is 0 Å². The van der Waals surface area contributed by atoms with Gasteiger partial charge in [0.15, 0.2) is 0 Å². The molecular formula is C28H38FN9O2. The van der Waals surface area contributed by atoms with Crippen LogP contribution < -0.4 is 10.6 Å². The van der Waals surface area contributed by atoms with E-state index in [0.717, 1.165) is 57.1 Å². The molecule has 3 aromatic rings. The number of carbonyl (C=O) groups excluding carboxylic acids is 2. The van der Waals surface area contributed by atoms with Crippen molar-refractivity contribution in [3.63, 3.8) is 0 Å². The molecule has 5 rings (SSSR count). The Hall–Kier alpha value is -3.70. The van der Waals surface area contributed by atoms with Gasteiger partial charge in [-0.25, -0.2) is 9.67 Å². The number of halogens is 1. The summed E-state index contributed by atoms with van der Waals surface area (Å²) in [5, 5.41) is 24.0. The van der Waals surface area contributed by atoms with Crippen LogP contribution in [0.3, 0.4) is 0 Å². The van der Waals surface area contributed by atoms with E-state index >= 15 is 4.39 Å². The van der Waals surface area contributed by atoms with Crippen molar-refractivity contribution in [2.24, 2.45) is 24.8 Å². The number of aromatic amines is 1. The minimum atomic E-state index is -0.835. The summed E-state index contributed by atoms with van der Waals surface area (Å²) in [6, 6.07) is 2.35. The van der Waals surface area contributed by atoms with Crippen molar-refractivity contribution in [1.82, 2.24) is 40.7 Å². The first-order valence-corrected chi connectivity index (χ1v) is 14.4. The van der Waals surface area contributed by atoms with Gasteiger partial charge in [-0.3, -0.25) is 14.7 Å². The quantitative estimate of drug-likeness (QED) is 0.355. The van der Waals surface area contributed by atoms with Crippen molar-refractivity contribution < 1.29 is 14.0 Å². The molecule has 0 aliphatic heterocycles. The van der Waals surface area contributed by atoms with E-state index in [-0.39, 0.29) is 17.6 Å². The Morgan fingerprint density at radius 1 is 1.02 bits per heavy atom. The lowest BCUT2D eigenvalue weighted by Gasteiger charge is -2.41. The summed E-state index contributed by atoms with van der Waals surface area (Å²) < 4.78 is 16.5. The predicted octanol–water partition coefficient (Wildman–Crippen LogP) is 4.27. The van der Waals surface area contributed by atoms with Crippen LogP contribution in [-0.4, -0.2) is 53.2 Å². The third-order valence-electron chi connectivity index (χ3n) is 8.66. The van der Waals surface area contributed by atoms with Gasteiger partial charge in [0, 0.05) is 23.9 Å². The van der Waals surface area contributed by atoms with Gasteiger partial charge < -0.3 is 10.6 Å². The van der Waals surface area contributed by atoms with Crippen molar-refractivity contribution in [3.8, 4) is 11.1 Å². The lowest BCUT2D eigenvalue weighted by molar-refractivity contribution is -0.121. The Morgan fingerprint density at radius 3 is 2.20 bits per heavy atom. The van der Waals surface area contributed by atoms with Crippen LogP contribution in [-0.2, 0) is 11.8 Å². The van der Waals surface area contributed by atoms with Crippen LogP contribution in [0.15, 0.2) is 12.1 Å². The molecule has 0 spiro atoms. The van der Waals surface area contributed by atoms with E-state index in [1.807, 2.05) is 6.92 Å². The summed E-state index contributed by atoms with van der Waals surface area (Å²) in [6.45, 7) is 3.62. The Kier molecular flexibility index (Phi) is 8.51. The minimum absolute atomic E-state index is 0.0308. The zero-order valence-electron chi connectivity index (χ0n) is 23.4. The van der Waals surface area contributed by atoms with Crippen LogP contribution in [0.1, 0.15) is 86.2 Å². The van der Waals surface area contributed by atoms with Crippen molar-refractivity contribution in [2.45, 2.75) is 84.1 Å². The van der Waals surface area contributed by atoms with Crippen LogP contribution in [0.25, 0.3) is 11.1 Å². The molecule has 0 bridgehead atoms. The van der Waals surface area contributed by atoms with Crippen molar-refractivity contribution in [3.05, 3.63) is 35.3 Å². The summed E-state index contributed by atoms with van der Waals surface area (Å²) in [5.41, 5.74) is 2.36. The molecule has 2 aliphatic carbocycles. The maximum absolute atomic E-state index is 15.2. The number of rotatable bonds is 8. The Labute approximate surface area is 233 Å². The maximum atomic E-state index is 15.2. The number of nitrogens with zero attached hydrogens (tertiary/aromatic N) is 6. The monoisotopic (exact) mass is 551 g/mol. The zero-order valence-corrected chi connectivity index (χ0v) is 23.4. The molecule has 2 amide bonds. The predicted molar refractivity (Wildman–Crippen MR) is 147 cm³/mol. The van der Waals surface area contributed by atoms with E-state index in [9.17, 15) is 9.59 Å². The molecule has 40 heavy (non-hydrogen) atoms. The van der Waals surface area contributed by atoms with Crippen LogP contribution in [0.2, 0.25) is 0 Å². The minimum Gasteiger partial charge on any atom is -0.337 e. The van der Waals surface area contributed by atoms with E-state index < -0.39 is 23.8 Å². The molecule has 0 saturated heterocycles. The van der Waals surface area contributed by atoms with E-state index in [2.05, 4.69) is 41.3 Å². The SMILES string of the molecule is Cc1n[nH]c(C)c1-c1ccc(NC(=O)[C@@H](NC(=O)c2nnnn2C)C(C2CCCCC2)C2CCCCC2)nc1F. The van der Waals surface area contributed by atoms with Gasteiger partial charge in [0.1, 0.15) is 11.9 Å². The molecule has 2 aliphatic rings. The molecule has 11 nitrogen and oxygen atoms in total. The first-order chi connectivity index (χ1) is 19.3. The second kappa shape index (κ2) is 12.2. The Bertz CT molecular complexity index is 1300. The van der Waals surface area contributed by atoms with Crippen molar-refractivity contribution in [2.75, 3.05) is 5.32 Å². The number of tetrazole rings is 1. The molecule has 0 unspecified atom stereocenters. The van der Waals surface area contributed by atoms with E-state index in [1.165, 1.54) is 17.5 Å².